The minimum absolute atomic E-state index is 0.00651. The lowest BCUT2D eigenvalue weighted by Crippen LogP contribution is -2.35. The normalized spacial score (nSPS) is 18.0. The molecular formula is C23H33F2NO. The second-order valence-corrected chi connectivity index (χ2v) is 6.92. The zero-order valence-corrected chi connectivity index (χ0v) is 17.3. The van der Waals surface area contributed by atoms with E-state index in [-0.39, 0.29) is 25.0 Å². The second kappa shape index (κ2) is 13.2. The molecule has 150 valence electrons. The summed E-state index contributed by atoms with van der Waals surface area (Å²) in [6.45, 7) is 10.0. The largest absolute Gasteiger partial charge is 0.300 e. The van der Waals surface area contributed by atoms with Crippen LogP contribution in [0.2, 0.25) is 0 Å². The summed E-state index contributed by atoms with van der Waals surface area (Å²) in [6.07, 6.45) is 6.13. The van der Waals surface area contributed by atoms with E-state index in [0.717, 1.165) is 18.4 Å². The van der Waals surface area contributed by atoms with Crippen LogP contribution in [0.15, 0.2) is 30.4 Å². The van der Waals surface area contributed by atoms with Gasteiger partial charge >= 0.3 is 0 Å². The summed E-state index contributed by atoms with van der Waals surface area (Å²) >= 11 is 0. The Kier molecular flexibility index (Phi) is 12.2. The van der Waals surface area contributed by atoms with Crippen molar-refractivity contribution in [3.8, 4) is 6.07 Å². The van der Waals surface area contributed by atoms with E-state index in [9.17, 15) is 13.6 Å². The molecule has 0 radical (unpaired) electrons. The van der Waals surface area contributed by atoms with Crippen molar-refractivity contribution in [2.24, 2.45) is 5.92 Å². The molecule has 1 aliphatic rings. The van der Waals surface area contributed by atoms with E-state index in [1.807, 2.05) is 65.0 Å². The molecule has 0 N–H and O–H groups in total. The fourth-order valence-corrected chi connectivity index (χ4v) is 2.61. The number of allylic oxidation sites excluding steroid dienone is 2. The lowest BCUT2D eigenvalue weighted by molar-refractivity contribution is -0.138. The lowest BCUT2D eigenvalue weighted by Gasteiger charge is -2.30. The van der Waals surface area contributed by atoms with Gasteiger partial charge in [0.1, 0.15) is 5.78 Å². The van der Waals surface area contributed by atoms with Gasteiger partial charge in [0.15, 0.2) is 0 Å². The highest BCUT2D eigenvalue weighted by atomic mass is 19.3. The Balaban J connectivity index is 0.000000428. The topological polar surface area (TPSA) is 40.9 Å². The smallest absolute Gasteiger partial charge is 0.251 e. The van der Waals surface area contributed by atoms with Crippen molar-refractivity contribution in [2.75, 3.05) is 0 Å². The number of nitrogens with zero attached hydrogens (tertiary/aromatic N) is 1. The third-order valence-electron chi connectivity index (χ3n) is 4.68. The monoisotopic (exact) mass is 377 g/mol. The standard InChI is InChI=1S/C10H16F2O.C9H9N.C4H8/c1-2-3-4-8-7-9(13)5-6-10(8,11)12;1-7-3-4-9(6-10)5-8(7)2;1-3-4-2/h8H,2-7H2,1H3;3-5H,1-2H3;3-4H,1-2H3/b;;4-3-. The Morgan fingerprint density at radius 2 is 1.85 bits per heavy atom. The first-order chi connectivity index (χ1) is 12.7. The Morgan fingerprint density at radius 1 is 1.22 bits per heavy atom. The number of hydrogen-bond acceptors (Lipinski definition) is 2. The number of ketones is 1. The molecule has 0 saturated heterocycles. The van der Waals surface area contributed by atoms with Crippen LogP contribution in [0.25, 0.3) is 0 Å². The molecule has 1 aromatic rings. The number of alkyl halides is 2. The number of Topliss-reactive ketones (excluding diaryl/α,β-unsaturated/α-hetero) is 1. The van der Waals surface area contributed by atoms with Crippen molar-refractivity contribution in [3.05, 3.63) is 47.0 Å². The van der Waals surface area contributed by atoms with Crippen LogP contribution in [0.1, 0.15) is 76.0 Å². The fourth-order valence-electron chi connectivity index (χ4n) is 2.61. The van der Waals surface area contributed by atoms with Gasteiger partial charge in [-0.25, -0.2) is 8.78 Å². The van der Waals surface area contributed by atoms with Crippen LogP contribution >= 0.6 is 0 Å². The summed E-state index contributed by atoms with van der Waals surface area (Å²) in [7, 11) is 0. The Labute approximate surface area is 163 Å². The summed E-state index contributed by atoms with van der Waals surface area (Å²) < 4.78 is 26.4. The molecule has 27 heavy (non-hydrogen) atoms. The SMILES string of the molecule is C/C=C\C.CCCCC1CC(=O)CCC1(F)F.Cc1ccc(C#N)cc1C. The predicted octanol–water partition coefficient (Wildman–Crippen LogP) is 6.94. The number of aryl methyl sites for hydroxylation is 2. The Bertz CT molecular complexity index is 640. The van der Waals surface area contributed by atoms with Crippen molar-refractivity contribution >= 4 is 5.78 Å². The average molecular weight is 378 g/mol. The minimum Gasteiger partial charge on any atom is -0.300 e. The molecule has 0 amide bonds. The molecular weight excluding hydrogens is 344 g/mol. The van der Waals surface area contributed by atoms with Crippen molar-refractivity contribution < 1.29 is 13.6 Å². The van der Waals surface area contributed by atoms with E-state index in [2.05, 4.69) is 6.07 Å². The van der Waals surface area contributed by atoms with Gasteiger partial charge in [0.2, 0.25) is 0 Å². The fraction of sp³-hybridized carbons (Fsp3) is 0.565. The van der Waals surface area contributed by atoms with Crippen molar-refractivity contribution in [3.63, 3.8) is 0 Å². The molecule has 2 rings (SSSR count). The molecule has 0 spiro atoms. The van der Waals surface area contributed by atoms with Crippen LogP contribution < -0.4 is 0 Å². The van der Waals surface area contributed by atoms with E-state index < -0.39 is 11.8 Å². The average Bonchev–Trinajstić information content (AvgIpc) is 2.65. The van der Waals surface area contributed by atoms with Gasteiger partial charge < -0.3 is 0 Å². The Morgan fingerprint density at radius 3 is 2.33 bits per heavy atom. The van der Waals surface area contributed by atoms with E-state index in [0.29, 0.717) is 6.42 Å². The van der Waals surface area contributed by atoms with Crippen LogP contribution in [0.4, 0.5) is 8.78 Å². The van der Waals surface area contributed by atoms with Gasteiger partial charge in [-0.2, -0.15) is 5.26 Å². The molecule has 0 aromatic heterocycles. The van der Waals surface area contributed by atoms with Gasteiger partial charge in [0.25, 0.3) is 5.92 Å². The third-order valence-corrected chi connectivity index (χ3v) is 4.68. The number of unbranched alkanes of at least 4 members (excludes halogenated alkanes) is 1. The van der Waals surface area contributed by atoms with E-state index >= 15 is 0 Å². The number of carbonyl (C=O) groups is 1. The summed E-state index contributed by atoms with van der Waals surface area (Å²) in [6, 6.07) is 7.79. The summed E-state index contributed by atoms with van der Waals surface area (Å²) in [5, 5.41) is 8.50. The molecule has 1 fully saturated rings. The van der Waals surface area contributed by atoms with Gasteiger partial charge in [0, 0.05) is 25.2 Å². The number of rotatable bonds is 3. The first-order valence-electron chi connectivity index (χ1n) is 9.65. The van der Waals surface area contributed by atoms with Crippen molar-refractivity contribution in [1.82, 2.24) is 0 Å². The number of carbonyl (C=O) groups excluding carboxylic acids is 1. The minimum atomic E-state index is -2.59. The lowest BCUT2D eigenvalue weighted by atomic mass is 9.82. The molecule has 1 atom stereocenters. The maximum absolute atomic E-state index is 13.2. The van der Waals surface area contributed by atoms with Crippen LogP contribution in [-0.2, 0) is 4.79 Å². The van der Waals surface area contributed by atoms with Gasteiger partial charge in [-0.3, -0.25) is 4.79 Å². The van der Waals surface area contributed by atoms with Crippen molar-refractivity contribution in [2.45, 2.75) is 79.1 Å². The number of nitriles is 1. The summed E-state index contributed by atoms with van der Waals surface area (Å²) in [5.74, 6) is -3.27. The number of hydrogen-bond donors (Lipinski definition) is 0. The molecule has 1 unspecified atom stereocenters. The quantitative estimate of drug-likeness (QED) is 0.535. The van der Waals surface area contributed by atoms with E-state index in [1.54, 1.807) is 0 Å². The maximum Gasteiger partial charge on any atom is 0.251 e. The highest BCUT2D eigenvalue weighted by Crippen LogP contribution is 2.39. The zero-order valence-electron chi connectivity index (χ0n) is 17.3. The molecule has 1 saturated carbocycles. The molecule has 0 bridgehead atoms. The van der Waals surface area contributed by atoms with Crippen LogP contribution in [0.5, 0.6) is 0 Å². The molecule has 0 aliphatic heterocycles. The highest BCUT2D eigenvalue weighted by Gasteiger charge is 2.43. The Hall–Kier alpha value is -2.02. The first kappa shape index (κ1) is 25.0. The third kappa shape index (κ3) is 10.0. The summed E-state index contributed by atoms with van der Waals surface area (Å²) in [5.41, 5.74) is 3.15. The van der Waals surface area contributed by atoms with Crippen LogP contribution in [0.3, 0.4) is 0 Å². The maximum atomic E-state index is 13.2. The van der Waals surface area contributed by atoms with Crippen LogP contribution in [0, 0.1) is 31.1 Å². The molecule has 4 heteroatoms. The molecule has 0 heterocycles. The van der Waals surface area contributed by atoms with Crippen LogP contribution in [-0.4, -0.2) is 11.7 Å². The van der Waals surface area contributed by atoms with Gasteiger partial charge in [0.05, 0.1) is 11.6 Å². The van der Waals surface area contributed by atoms with Gasteiger partial charge in [-0.05, 0) is 57.4 Å². The predicted molar refractivity (Wildman–Crippen MR) is 108 cm³/mol. The molecule has 2 nitrogen and oxygen atoms in total. The molecule has 1 aromatic carbocycles. The van der Waals surface area contributed by atoms with Gasteiger partial charge in [-0.15, -0.1) is 0 Å². The second-order valence-electron chi connectivity index (χ2n) is 6.92. The molecule has 1 aliphatic carbocycles. The summed E-state index contributed by atoms with van der Waals surface area (Å²) in [4.78, 5) is 11.0. The van der Waals surface area contributed by atoms with E-state index in [4.69, 9.17) is 5.26 Å². The zero-order chi connectivity index (χ0) is 20.9. The van der Waals surface area contributed by atoms with Gasteiger partial charge in [-0.1, -0.05) is 38.0 Å². The first-order valence-corrected chi connectivity index (χ1v) is 9.65. The number of halogens is 2. The highest BCUT2D eigenvalue weighted by molar-refractivity contribution is 5.79. The number of benzene rings is 1. The van der Waals surface area contributed by atoms with Crippen molar-refractivity contribution in [1.29, 1.82) is 5.26 Å². The van der Waals surface area contributed by atoms with E-state index in [1.165, 1.54) is 11.1 Å².